The molecule has 1 heterocycles. The first kappa shape index (κ1) is 8.75. The van der Waals surface area contributed by atoms with E-state index in [1.54, 1.807) is 0 Å². The Morgan fingerprint density at radius 1 is 1.46 bits per heavy atom. The third-order valence-corrected chi connectivity index (χ3v) is 3.04. The lowest BCUT2D eigenvalue weighted by Crippen LogP contribution is -2.25. The van der Waals surface area contributed by atoms with Gasteiger partial charge in [0.05, 0.1) is 6.33 Å². The lowest BCUT2D eigenvalue weighted by atomic mass is 10.0. The van der Waals surface area contributed by atoms with Gasteiger partial charge >= 0.3 is 0 Å². The standard InChI is InChI=1S/C10H17N3/c11-10-3-1-2-9(10)4-6-13-7-5-12-8-13/h5,7-10H,1-4,6,11H2. The molecular weight excluding hydrogens is 162 g/mol. The summed E-state index contributed by atoms with van der Waals surface area (Å²) < 4.78 is 2.13. The van der Waals surface area contributed by atoms with E-state index in [9.17, 15) is 0 Å². The molecule has 3 heteroatoms. The third kappa shape index (κ3) is 2.10. The van der Waals surface area contributed by atoms with E-state index in [4.69, 9.17) is 5.73 Å². The van der Waals surface area contributed by atoms with Crippen molar-refractivity contribution in [3.05, 3.63) is 18.7 Å². The molecule has 2 rings (SSSR count). The highest BCUT2D eigenvalue weighted by Crippen LogP contribution is 2.26. The van der Waals surface area contributed by atoms with E-state index in [1.165, 1.54) is 25.7 Å². The van der Waals surface area contributed by atoms with Crippen molar-refractivity contribution in [2.24, 2.45) is 11.7 Å². The summed E-state index contributed by atoms with van der Waals surface area (Å²) in [7, 11) is 0. The zero-order valence-electron chi connectivity index (χ0n) is 7.89. The van der Waals surface area contributed by atoms with E-state index in [2.05, 4.69) is 9.55 Å². The maximum Gasteiger partial charge on any atom is 0.0945 e. The molecule has 1 fully saturated rings. The first-order valence-electron chi connectivity index (χ1n) is 5.07. The first-order valence-corrected chi connectivity index (χ1v) is 5.07. The van der Waals surface area contributed by atoms with Crippen molar-refractivity contribution >= 4 is 0 Å². The predicted molar refractivity (Wildman–Crippen MR) is 52.2 cm³/mol. The molecule has 72 valence electrons. The van der Waals surface area contributed by atoms with Crippen LogP contribution in [0.4, 0.5) is 0 Å². The maximum absolute atomic E-state index is 5.99. The van der Waals surface area contributed by atoms with Crippen LogP contribution >= 0.6 is 0 Å². The molecule has 1 aromatic heterocycles. The first-order chi connectivity index (χ1) is 6.36. The molecular formula is C10H17N3. The van der Waals surface area contributed by atoms with Crippen molar-refractivity contribution in [3.8, 4) is 0 Å². The fourth-order valence-electron chi connectivity index (χ4n) is 2.16. The topological polar surface area (TPSA) is 43.8 Å². The van der Waals surface area contributed by atoms with Gasteiger partial charge in [0, 0.05) is 25.0 Å². The van der Waals surface area contributed by atoms with Gasteiger partial charge in [-0.2, -0.15) is 0 Å². The van der Waals surface area contributed by atoms with Gasteiger partial charge in [-0.3, -0.25) is 0 Å². The van der Waals surface area contributed by atoms with Gasteiger partial charge < -0.3 is 10.3 Å². The number of aromatic nitrogens is 2. The zero-order valence-corrected chi connectivity index (χ0v) is 7.89. The minimum Gasteiger partial charge on any atom is -0.337 e. The van der Waals surface area contributed by atoms with Gasteiger partial charge in [-0.1, -0.05) is 6.42 Å². The summed E-state index contributed by atoms with van der Waals surface area (Å²) in [5.41, 5.74) is 5.99. The molecule has 0 radical (unpaired) electrons. The van der Waals surface area contributed by atoms with Crippen LogP contribution in [0.3, 0.4) is 0 Å². The summed E-state index contributed by atoms with van der Waals surface area (Å²) in [6.07, 6.45) is 10.8. The van der Waals surface area contributed by atoms with Crippen LogP contribution in [0.25, 0.3) is 0 Å². The van der Waals surface area contributed by atoms with Gasteiger partial charge in [0.1, 0.15) is 0 Å². The summed E-state index contributed by atoms with van der Waals surface area (Å²) in [5, 5.41) is 0. The number of nitrogens with zero attached hydrogens (tertiary/aromatic N) is 2. The van der Waals surface area contributed by atoms with Gasteiger partial charge in [-0.25, -0.2) is 4.98 Å². The molecule has 1 aliphatic rings. The van der Waals surface area contributed by atoms with E-state index in [0.29, 0.717) is 6.04 Å². The summed E-state index contributed by atoms with van der Waals surface area (Å²) in [6.45, 7) is 1.07. The van der Waals surface area contributed by atoms with Crippen LogP contribution in [0.5, 0.6) is 0 Å². The van der Waals surface area contributed by atoms with Crippen molar-refractivity contribution in [1.29, 1.82) is 0 Å². The Bertz CT molecular complexity index is 243. The van der Waals surface area contributed by atoms with Crippen molar-refractivity contribution in [1.82, 2.24) is 9.55 Å². The number of aryl methyl sites for hydroxylation is 1. The van der Waals surface area contributed by atoms with Crippen molar-refractivity contribution in [3.63, 3.8) is 0 Å². The molecule has 0 spiro atoms. The Labute approximate surface area is 79.0 Å². The summed E-state index contributed by atoms with van der Waals surface area (Å²) in [6, 6.07) is 0.448. The van der Waals surface area contributed by atoms with Crippen LogP contribution in [-0.4, -0.2) is 15.6 Å². The molecule has 2 atom stereocenters. The monoisotopic (exact) mass is 179 g/mol. The molecule has 0 aromatic carbocycles. The zero-order chi connectivity index (χ0) is 9.10. The number of rotatable bonds is 3. The highest BCUT2D eigenvalue weighted by molar-refractivity contribution is 4.81. The summed E-state index contributed by atoms with van der Waals surface area (Å²) in [4.78, 5) is 4.02. The molecule has 0 bridgehead atoms. The Balaban J connectivity index is 1.79. The van der Waals surface area contributed by atoms with Gasteiger partial charge in [0.25, 0.3) is 0 Å². The third-order valence-electron chi connectivity index (χ3n) is 3.04. The lowest BCUT2D eigenvalue weighted by molar-refractivity contribution is 0.415. The van der Waals surface area contributed by atoms with E-state index < -0.39 is 0 Å². The van der Waals surface area contributed by atoms with Gasteiger partial charge in [0.15, 0.2) is 0 Å². The number of hydrogen-bond donors (Lipinski definition) is 1. The highest BCUT2D eigenvalue weighted by Gasteiger charge is 2.23. The van der Waals surface area contributed by atoms with Crippen LogP contribution in [-0.2, 0) is 6.54 Å². The Morgan fingerprint density at radius 2 is 2.38 bits per heavy atom. The second-order valence-electron chi connectivity index (χ2n) is 3.94. The average Bonchev–Trinajstić information content (AvgIpc) is 2.72. The molecule has 13 heavy (non-hydrogen) atoms. The fourth-order valence-corrected chi connectivity index (χ4v) is 2.16. The Morgan fingerprint density at radius 3 is 3.00 bits per heavy atom. The molecule has 1 saturated carbocycles. The Kier molecular flexibility index (Phi) is 2.64. The predicted octanol–water partition coefficient (Wildman–Crippen LogP) is 1.40. The highest BCUT2D eigenvalue weighted by atomic mass is 15.0. The minimum atomic E-state index is 0.448. The number of hydrogen-bond acceptors (Lipinski definition) is 2. The molecule has 1 aromatic rings. The fraction of sp³-hybridized carbons (Fsp3) is 0.700. The smallest absolute Gasteiger partial charge is 0.0945 e. The molecule has 3 nitrogen and oxygen atoms in total. The van der Waals surface area contributed by atoms with Gasteiger partial charge in [-0.15, -0.1) is 0 Å². The SMILES string of the molecule is NC1CCCC1CCn1ccnc1. The second kappa shape index (κ2) is 3.92. The molecule has 2 N–H and O–H groups in total. The number of imidazole rings is 1. The second-order valence-corrected chi connectivity index (χ2v) is 3.94. The maximum atomic E-state index is 5.99. The van der Waals surface area contributed by atoms with Crippen LogP contribution in [0.1, 0.15) is 25.7 Å². The Hall–Kier alpha value is -0.830. The summed E-state index contributed by atoms with van der Waals surface area (Å²) >= 11 is 0. The molecule has 2 unspecified atom stereocenters. The quantitative estimate of drug-likeness (QED) is 0.762. The van der Waals surface area contributed by atoms with E-state index in [1.807, 2.05) is 18.7 Å². The number of nitrogens with two attached hydrogens (primary N) is 1. The van der Waals surface area contributed by atoms with E-state index in [-0.39, 0.29) is 0 Å². The normalized spacial score (nSPS) is 28.1. The molecule has 0 saturated heterocycles. The van der Waals surface area contributed by atoms with E-state index in [0.717, 1.165) is 12.5 Å². The van der Waals surface area contributed by atoms with Crippen LogP contribution in [0.2, 0.25) is 0 Å². The van der Waals surface area contributed by atoms with Crippen LogP contribution < -0.4 is 5.73 Å². The largest absolute Gasteiger partial charge is 0.337 e. The molecule has 0 amide bonds. The average molecular weight is 179 g/mol. The van der Waals surface area contributed by atoms with Crippen molar-refractivity contribution in [2.45, 2.75) is 38.3 Å². The van der Waals surface area contributed by atoms with E-state index >= 15 is 0 Å². The summed E-state index contributed by atoms with van der Waals surface area (Å²) in [5.74, 6) is 0.738. The van der Waals surface area contributed by atoms with Crippen molar-refractivity contribution in [2.75, 3.05) is 0 Å². The minimum absolute atomic E-state index is 0.448. The van der Waals surface area contributed by atoms with Crippen LogP contribution in [0.15, 0.2) is 18.7 Å². The van der Waals surface area contributed by atoms with Gasteiger partial charge in [0.2, 0.25) is 0 Å². The van der Waals surface area contributed by atoms with Crippen molar-refractivity contribution < 1.29 is 0 Å². The van der Waals surface area contributed by atoms with Gasteiger partial charge in [-0.05, 0) is 25.2 Å². The van der Waals surface area contributed by atoms with Crippen LogP contribution in [0, 0.1) is 5.92 Å². The molecule has 0 aliphatic heterocycles. The molecule has 1 aliphatic carbocycles. The lowest BCUT2D eigenvalue weighted by Gasteiger charge is -2.14.